The Balaban J connectivity index is 1.65. The molecule has 0 aliphatic rings. The van der Waals surface area contributed by atoms with Gasteiger partial charge in [0.15, 0.2) is 0 Å². The van der Waals surface area contributed by atoms with Crippen LogP contribution in [0.4, 0.5) is 11.4 Å². The van der Waals surface area contributed by atoms with Gasteiger partial charge in [-0.05, 0) is 66.8 Å². The van der Waals surface area contributed by atoms with Crippen molar-refractivity contribution >= 4 is 44.5 Å². The van der Waals surface area contributed by atoms with E-state index in [4.69, 9.17) is 0 Å². The summed E-state index contributed by atoms with van der Waals surface area (Å²) in [6.45, 7) is 3.40. The standard InChI is InChI=1S/C22H23N3O4S2/c1-15-9-10-19(12-16(15)2)31(28,29)25(3)14-21(26)23-17-6-4-7-18(13-17)24-22(27)20-8-5-11-30-20/h4-13H,14H2,1-3H3,(H,23,26)(H,24,27). The number of amides is 2. The Morgan fingerprint density at radius 2 is 1.65 bits per heavy atom. The number of carbonyl (C=O) groups is 2. The van der Waals surface area contributed by atoms with Crippen LogP contribution in [0.3, 0.4) is 0 Å². The van der Waals surface area contributed by atoms with Crippen LogP contribution in [0.1, 0.15) is 20.8 Å². The number of rotatable bonds is 7. The molecule has 3 rings (SSSR count). The van der Waals surface area contributed by atoms with E-state index in [1.807, 2.05) is 19.2 Å². The van der Waals surface area contributed by atoms with Crippen LogP contribution in [0.2, 0.25) is 0 Å². The third kappa shape index (κ3) is 5.57. The Morgan fingerprint density at radius 1 is 0.935 bits per heavy atom. The Labute approximate surface area is 185 Å². The third-order valence-corrected chi connectivity index (χ3v) is 7.37. The molecule has 7 nitrogen and oxygen atoms in total. The predicted octanol–water partition coefficient (Wildman–Crippen LogP) is 3.88. The molecule has 1 aromatic heterocycles. The molecule has 0 fully saturated rings. The van der Waals surface area contributed by atoms with Gasteiger partial charge in [0.05, 0.1) is 16.3 Å². The number of benzene rings is 2. The molecule has 0 aliphatic heterocycles. The van der Waals surface area contributed by atoms with Gasteiger partial charge < -0.3 is 10.6 Å². The molecule has 31 heavy (non-hydrogen) atoms. The van der Waals surface area contributed by atoms with E-state index in [0.717, 1.165) is 15.4 Å². The number of nitrogens with one attached hydrogen (secondary N) is 2. The summed E-state index contributed by atoms with van der Waals surface area (Å²) in [5.41, 5.74) is 2.82. The first-order valence-electron chi connectivity index (χ1n) is 9.45. The normalized spacial score (nSPS) is 11.4. The average Bonchev–Trinajstić information content (AvgIpc) is 3.25. The topological polar surface area (TPSA) is 95.6 Å². The number of sulfonamides is 1. The van der Waals surface area contributed by atoms with Gasteiger partial charge in [0.25, 0.3) is 5.91 Å². The van der Waals surface area contributed by atoms with E-state index < -0.39 is 15.9 Å². The zero-order valence-corrected chi connectivity index (χ0v) is 19.0. The Kier molecular flexibility index (Phi) is 6.89. The summed E-state index contributed by atoms with van der Waals surface area (Å²) in [5, 5.41) is 7.25. The number of carbonyl (C=O) groups excluding carboxylic acids is 2. The number of anilines is 2. The number of nitrogens with zero attached hydrogens (tertiary/aromatic N) is 1. The van der Waals surface area contributed by atoms with E-state index in [1.165, 1.54) is 24.5 Å². The Bertz CT molecular complexity index is 1210. The molecule has 0 bridgehead atoms. The smallest absolute Gasteiger partial charge is 0.265 e. The van der Waals surface area contributed by atoms with Crippen molar-refractivity contribution in [2.45, 2.75) is 18.7 Å². The lowest BCUT2D eigenvalue weighted by Gasteiger charge is -2.18. The monoisotopic (exact) mass is 457 g/mol. The van der Waals surface area contributed by atoms with Crippen molar-refractivity contribution in [1.82, 2.24) is 4.31 Å². The lowest BCUT2D eigenvalue weighted by molar-refractivity contribution is -0.116. The first-order valence-corrected chi connectivity index (χ1v) is 11.8. The van der Waals surface area contributed by atoms with Gasteiger partial charge in [-0.3, -0.25) is 9.59 Å². The van der Waals surface area contributed by atoms with E-state index in [1.54, 1.807) is 48.5 Å². The zero-order chi connectivity index (χ0) is 22.6. The number of likely N-dealkylation sites (N-methyl/N-ethyl adjacent to an activating group) is 1. The van der Waals surface area contributed by atoms with E-state index >= 15 is 0 Å². The highest BCUT2D eigenvalue weighted by atomic mass is 32.2. The lowest BCUT2D eigenvalue weighted by Crippen LogP contribution is -2.35. The second-order valence-corrected chi connectivity index (χ2v) is 10.1. The first-order chi connectivity index (χ1) is 14.7. The van der Waals surface area contributed by atoms with Crippen molar-refractivity contribution in [3.05, 3.63) is 76.0 Å². The number of aryl methyl sites for hydroxylation is 2. The van der Waals surface area contributed by atoms with Crippen molar-refractivity contribution in [1.29, 1.82) is 0 Å². The maximum Gasteiger partial charge on any atom is 0.265 e. The molecule has 0 aliphatic carbocycles. The van der Waals surface area contributed by atoms with Crippen LogP contribution in [0.5, 0.6) is 0 Å². The number of hydrogen-bond donors (Lipinski definition) is 2. The first kappa shape index (κ1) is 22.7. The van der Waals surface area contributed by atoms with Crippen LogP contribution in [-0.2, 0) is 14.8 Å². The van der Waals surface area contributed by atoms with Crippen molar-refractivity contribution in [2.75, 3.05) is 24.2 Å². The van der Waals surface area contributed by atoms with Gasteiger partial charge in [0.2, 0.25) is 15.9 Å². The molecule has 0 saturated heterocycles. The molecule has 2 aromatic carbocycles. The Morgan fingerprint density at radius 3 is 2.29 bits per heavy atom. The van der Waals surface area contributed by atoms with E-state index in [0.29, 0.717) is 16.3 Å². The van der Waals surface area contributed by atoms with Gasteiger partial charge in [-0.1, -0.05) is 18.2 Å². The van der Waals surface area contributed by atoms with E-state index in [9.17, 15) is 18.0 Å². The van der Waals surface area contributed by atoms with Gasteiger partial charge in [0, 0.05) is 18.4 Å². The molecule has 0 saturated carbocycles. The second kappa shape index (κ2) is 9.42. The quantitative estimate of drug-likeness (QED) is 0.563. The molecule has 162 valence electrons. The summed E-state index contributed by atoms with van der Waals surface area (Å²) in [4.78, 5) is 25.3. The summed E-state index contributed by atoms with van der Waals surface area (Å²) >= 11 is 1.33. The molecule has 1 heterocycles. The second-order valence-electron chi connectivity index (χ2n) is 7.07. The molecule has 0 unspecified atom stereocenters. The maximum absolute atomic E-state index is 12.8. The molecule has 3 aromatic rings. The fourth-order valence-electron chi connectivity index (χ4n) is 2.82. The number of hydrogen-bond acceptors (Lipinski definition) is 5. The van der Waals surface area contributed by atoms with Crippen LogP contribution in [0.25, 0.3) is 0 Å². The third-order valence-electron chi connectivity index (χ3n) is 4.70. The molecule has 9 heteroatoms. The largest absolute Gasteiger partial charge is 0.325 e. The van der Waals surface area contributed by atoms with Gasteiger partial charge in [-0.25, -0.2) is 8.42 Å². The number of thiophene rings is 1. The lowest BCUT2D eigenvalue weighted by atomic mass is 10.1. The minimum atomic E-state index is -3.80. The van der Waals surface area contributed by atoms with Crippen molar-refractivity contribution in [3.8, 4) is 0 Å². The predicted molar refractivity (Wildman–Crippen MR) is 123 cm³/mol. The molecule has 0 atom stereocenters. The van der Waals surface area contributed by atoms with E-state index in [-0.39, 0.29) is 17.3 Å². The fraction of sp³-hybridized carbons (Fsp3) is 0.182. The Hall–Kier alpha value is -3.01. The van der Waals surface area contributed by atoms with Crippen LogP contribution in [-0.4, -0.2) is 38.1 Å². The van der Waals surface area contributed by atoms with Crippen LogP contribution < -0.4 is 10.6 Å². The summed E-state index contributed by atoms with van der Waals surface area (Å²) in [5.74, 6) is -0.727. The fourth-order valence-corrected chi connectivity index (χ4v) is 4.65. The molecule has 0 spiro atoms. The minimum Gasteiger partial charge on any atom is -0.325 e. The minimum absolute atomic E-state index is 0.143. The van der Waals surface area contributed by atoms with Gasteiger partial charge >= 0.3 is 0 Å². The van der Waals surface area contributed by atoms with Crippen LogP contribution in [0.15, 0.2) is 64.9 Å². The summed E-state index contributed by atoms with van der Waals surface area (Å²) in [6, 6.07) is 15.1. The van der Waals surface area contributed by atoms with Crippen LogP contribution >= 0.6 is 11.3 Å². The van der Waals surface area contributed by atoms with Gasteiger partial charge in [-0.2, -0.15) is 4.31 Å². The zero-order valence-electron chi connectivity index (χ0n) is 17.4. The van der Waals surface area contributed by atoms with Crippen molar-refractivity contribution in [2.24, 2.45) is 0 Å². The highest BCUT2D eigenvalue weighted by Crippen LogP contribution is 2.20. The van der Waals surface area contributed by atoms with E-state index in [2.05, 4.69) is 10.6 Å². The SMILES string of the molecule is Cc1ccc(S(=O)(=O)N(C)CC(=O)Nc2cccc(NC(=O)c3cccs3)c2)cc1C. The maximum atomic E-state index is 12.8. The summed E-state index contributed by atoms with van der Waals surface area (Å²) in [7, 11) is -2.44. The van der Waals surface area contributed by atoms with Crippen LogP contribution in [0, 0.1) is 13.8 Å². The highest BCUT2D eigenvalue weighted by molar-refractivity contribution is 7.89. The van der Waals surface area contributed by atoms with Crippen molar-refractivity contribution < 1.29 is 18.0 Å². The van der Waals surface area contributed by atoms with Gasteiger partial charge in [0.1, 0.15) is 0 Å². The summed E-state index contributed by atoms with van der Waals surface area (Å²) in [6.07, 6.45) is 0. The molecule has 2 N–H and O–H groups in total. The van der Waals surface area contributed by atoms with Gasteiger partial charge in [-0.15, -0.1) is 11.3 Å². The summed E-state index contributed by atoms with van der Waals surface area (Å²) < 4.78 is 26.6. The van der Waals surface area contributed by atoms with Crippen molar-refractivity contribution in [3.63, 3.8) is 0 Å². The molecular formula is C22H23N3O4S2. The molecule has 2 amide bonds. The molecule has 0 radical (unpaired) electrons. The average molecular weight is 458 g/mol. The molecular weight excluding hydrogens is 434 g/mol. The highest BCUT2D eigenvalue weighted by Gasteiger charge is 2.23.